The van der Waals surface area contributed by atoms with Gasteiger partial charge in [0.05, 0.1) is 29.2 Å². The third-order valence-corrected chi connectivity index (χ3v) is 7.02. The number of aromatic nitrogens is 3. The van der Waals surface area contributed by atoms with Gasteiger partial charge in [0.15, 0.2) is 5.78 Å². The zero-order valence-electron chi connectivity index (χ0n) is 19.6. The van der Waals surface area contributed by atoms with Gasteiger partial charge in [0.1, 0.15) is 11.4 Å². The van der Waals surface area contributed by atoms with Crippen LogP contribution in [-0.4, -0.2) is 45.5 Å². The Balaban J connectivity index is 1.21. The molecule has 1 aliphatic rings. The van der Waals surface area contributed by atoms with Gasteiger partial charge in [0.25, 0.3) is 0 Å². The van der Waals surface area contributed by atoms with Crippen molar-refractivity contribution in [2.24, 2.45) is 5.92 Å². The predicted octanol–water partition coefficient (Wildman–Crippen LogP) is 5.75. The lowest BCUT2D eigenvalue weighted by atomic mass is 9.87. The highest BCUT2D eigenvalue weighted by atomic mass is 79.9. The normalized spacial score (nSPS) is 18.2. The lowest BCUT2D eigenvalue weighted by Crippen LogP contribution is -2.20. The van der Waals surface area contributed by atoms with Crippen LogP contribution in [0.3, 0.4) is 0 Å². The van der Waals surface area contributed by atoms with Crippen LogP contribution in [0.15, 0.2) is 41.0 Å². The summed E-state index contributed by atoms with van der Waals surface area (Å²) in [6.45, 7) is 2.97. The predicted molar refractivity (Wildman–Crippen MR) is 135 cm³/mol. The molecule has 2 aromatic heterocycles. The molecule has 0 unspecified atom stereocenters. The molecule has 3 aromatic rings. The maximum atomic E-state index is 11.4. The number of fused-ring (bicyclic) bond motifs is 1. The van der Waals surface area contributed by atoms with E-state index in [1.54, 1.807) is 18.2 Å². The number of aliphatic hydroxyl groups is 1. The van der Waals surface area contributed by atoms with Crippen molar-refractivity contribution in [3.63, 3.8) is 0 Å². The second-order valence-electron chi connectivity index (χ2n) is 8.98. The smallest absolute Gasteiger partial charge is 0.213 e. The number of ketones is 1. The number of pyridine rings is 1. The Hall–Kier alpha value is -2.45. The molecule has 0 bridgehead atoms. The van der Waals surface area contributed by atoms with Gasteiger partial charge in [-0.3, -0.25) is 9.48 Å². The van der Waals surface area contributed by atoms with Gasteiger partial charge in [-0.15, -0.1) is 0 Å². The molecule has 4 rings (SSSR count). The highest BCUT2D eigenvalue weighted by Gasteiger charge is 2.23. The van der Waals surface area contributed by atoms with Crippen LogP contribution in [-0.2, 0) is 0 Å². The first-order valence-electron chi connectivity index (χ1n) is 12.1. The van der Waals surface area contributed by atoms with Crippen LogP contribution in [0, 0.1) is 5.92 Å². The molecule has 0 aliphatic heterocycles. The van der Waals surface area contributed by atoms with E-state index >= 15 is 0 Å². The summed E-state index contributed by atoms with van der Waals surface area (Å²) in [6.07, 6.45) is 9.13. The second kappa shape index (κ2) is 11.8. The summed E-state index contributed by atoms with van der Waals surface area (Å²) in [5.74, 6) is 1.67. The fourth-order valence-corrected chi connectivity index (χ4v) is 4.84. The second-order valence-corrected chi connectivity index (χ2v) is 9.84. The summed E-state index contributed by atoms with van der Waals surface area (Å²) in [4.78, 5) is 15.6. The van der Waals surface area contributed by atoms with Gasteiger partial charge in [-0.2, -0.15) is 5.10 Å². The molecule has 34 heavy (non-hydrogen) atoms. The van der Waals surface area contributed by atoms with Crippen molar-refractivity contribution in [1.29, 1.82) is 0 Å². The number of benzene rings is 1. The van der Waals surface area contributed by atoms with Crippen LogP contribution in [0.1, 0.15) is 68.4 Å². The summed E-state index contributed by atoms with van der Waals surface area (Å²) in [5, 5.41) is 15.3. The molecule has 1 N–H and O–H groups in total. The number of hydrogen-bond donors (Lipinski definition) is 1. The number of aliphatic hydroxyl groups excluding tert-OH is 1. The monoisotopic (exact) mass is 529 g/mol. The summed E-state index contributed by atoms with van der Waals surface area (Å²) in [5.41, 5.74) is 1.36. The number of carbonyl (C=O) groups is 1. The van der Waals surface area contributed by atoms with E-state index in [2.05, 4.69) is 37.9 Å². The number of ether oxygens (including phenoxy) is 2. The van der Waals surface area contributed by atoms with Gasteiger partial charge < -0.3 is 14.6 Å². The Morgan fingerprint density at radius 3 is 2.62 bits per heavy atom. The Morgan fingerprint density at radius 1 is 1.12 bits per heavy atom. The summed E-state index contributed by atoms with van der Waals surface area (Å²) >= 11 is 3.64. The highest BCUT2D eigenvalue weighted by Crippen LogP contribution is 2.34. The fourth-order valence-electron chi connectivity index (χ4n) is 4.36. The van der Waals surface area contributed by atoms with Crippen molar-refractivity contribution in [3.05, 3.63) is 46.7 Å². The molecule has 0 atom stereocenters. The van der Waals surface area contributed by atoms with Gasteiger partial charge in [0, 0.05) is 37.2 Å². The van der Waals surface area contributed by atoms with Crippen LogP contribution in [0.25, 0.3) is 10.9 Å². The molecule has 1 aliphatic carbocycles. The molecule has 1 saturated carbocycles. The zero-order chi connectivity index (χ0) is 23.9. The SMILES string of the molecule is CC(=O)c1cccc(OCCCCCOc2cc3nn(C4CCC(CO)CC4)cc3cc2Br)n1. The topological polar surface area (TPSA) is 86.5 Å². The zero-order valence-corrected chi connectivity index (χ0v) is 21.2. The van der Waals surface area contributed by atoms with Gasteiger partial charge in [-0.05, 0) is 78.9 Å². The number of carbonyl (C=O) groups excluding carboxylic acids is 1. The van der Waals surface area contributed by atoms with Crippen molar-refractivity contribution in [3.8, 4) is 11.6 Å². The van der Waals surface area contributed by atoms with Crippen LogP contribution in [0.2, 0.25) is 0 Å². The first-order chi connectivity index (χ1) is 16.5. The Morgan fingerprint density at radius 2 is 1.88 bits per heavy atom. The Labute approximate surface area is 208 Å². The van der Waals surface area contributed by atoms with Crippen LogP contribution < -0.4 is 9.47 Å². The van der Waals surface area contributed by atoms with E-state index < -0.39 is 0 Å². The lowest BCUT2D eigenvalue weighted by Gasteiger charge is -2.27. The number of hydrogen-bond acceptors (Lipinski definition) is 6. The summed E-state index contributed by atoms with van der Waals surface area (Å²) < 4.78 is 14.7. The van der Waals surface area contributed by atoms with Gasteiger partial charge in [0.2, 0.25) is 5.88 Å². The largest absolute Gasteiger partial charge is 0.492 e. The molecule has 1 fully saturated rings. The van der Waals surface area contributed by atoms with Crippen molar-refractivity contribution >= 4 is 32.6 Å². The molecule has 0 saturated heterocycles. The van der Waals surface area contributed by atoms with E-state index in [9.17, 15) is 9.90 Å². The molecular formula is C26H32BrN3O4. The molecular weight excluding hydrogens is 498 g/mol. The molecule has 7 nitrogen and oxygen atoms in total. The van der Waals surface area contributed by atoms with Crippen LogP contribution in [0.5, 0.6) is 11.6 Å². The minimum Gasteiger partial charge on any atom is -0.492 e. The number of rotatable bonds is 11. The van der Waals surface area contributed by atoms with Crippen LogP contribution in [0.4, 0.5) is 0 Å². The third-order valence-electron chi connectivity index (χ3n) is 6.40. The van der Waals surface area contributed by atoms with Gasteiger partial charge in [-0.25, -0.2) is 4.98 Å². The van der Waals surface area contributed by atoms with Crippen molar-refractivity contribution < 1.29 is 19.4 Å². The average molecular weight is 530 g/mol. The maximum Gasteiger partial charge on any atom is 0.213 e. The molecule has 0 radical (unpaired) electrons. The maximum absolute atomic E-state index is 11.4. The number of nitrogens with zero attached hydrogens (tertiary/aromatic N) is 3. The van der Waals surface area contributed by atoms with Gasteiger partial charge >= 0.3 is 0 Å². The van der Waals surface area contributed by atoms with Crippen molar-refractivity contribution in [1.82, 2.24) is 14.8 Å². The molecule has 1 aromatic carbocycles. The molecule has 2 heterocycles. The Bertz CT molecular complexity index is 1110. The minimum absolute atomic E-state index is 0.0658. The van der Waals surface area contributed by atoms with Crippen LogP contribution >= 0.6 is 15.9 Å². The van der Waals surface area contributed by atoms with E-state index in [0.29, 0.717) is 43.4 Å². The lowest BCUT2D eigenvalue weighted by molar-refractivity contribution is 0.101. The highest BCUT2D eigenvalue weighted by molar-refractivity contribution is 9.10. The van der Waals surface area contributed by atoms with Crippen molar-refractivity contribution in [2.45, 2.75) is 57.9 Å². The first-order valence-corrected chi connectivity index (χ1v) is 12.9. The standard InChI is InChI=1S/C26H32BrN3O4/c1-18(32)23-6-5-7-26(28-23)34-13-4-2-3-12-33-25-15-24-20(14-22(25)27)16-30(29-24)21-10-8-19(17-31)9-11-21/h5-7,14-16,19,21,31H,2-4,8-13,17H2,1H3. The third kappa shape index (κ3) is 6.36. The fraction of sp³-hybridized carbons (Fsp3) is 0.500. The number of unbranched alkanes of at least 4 members (excludes halogenated alkanes) is 2. The van der Waals surface area contributed by atoms with E-state index in [4.69, 9.17) is 14.6 Å². The molecule has 0 spiro atoms. The van der Waals surface area contributed by atoms with Gasteiger partial charge in [-0.1, -0.05) is 6.07 Å². The molecule has 182 valence electrons. The number of halogens is 1. The minimum atomic E-state index is -0.0658. The quantitative estimate of drug-likeness (QED) is 0.251. The van der Waals surface area contributed by atoms with E-state index in [1.165, 1.54) is 6.92 Å². The average Bonchev–Trinajstić information content (AvgIpc) is 3.26. The number of Topliss-reactive ketones (excluding diaryl/α,β-unsaturated/α-hetero) is 1. The van der Waals surface area contributed by atoms with E-state index in [-0.39, 0.29) is 5.78 Å². The Kier molecular flexibility index (Phi) is 8.56. The van der Waals surface area contributed by atoms with E-state index in [0.717, 1.165) is 66.1 Å². The van der Waals surface area contributed by atoms with E-state index in [1.807, 2.05) is 6.07 Å². The first kappa shape index (κ1) is 24.7. The summed E-state index contributed by atoms with van der Waals surface area (Å²) in [7, 11) is 0. The molecule has 0 amide bonds. The summed E-state index contributed by atoms with van der Waals surface area (Å²) in [6, 6.07) is 9.73. The molecule has 8 heteroatoms. The van der Waals surface area contributed by atoms with Crippen molar-refractivity contribution in [2.75, 3.05) is 19.8 Å².